The lowest BCUT2D eigenvalue weighted by atomic mass is 10.7. The Morgan fingerprint density at radius 3 is 3.11 bits per heavy atom. The fourth-order valence-corrected chi connectivity index (χ4v) is 0.573. The number of anilines is 1. The second kappa shape index (κ2) is 2.50. The van der Waals surface area contributed by atoms with E-state index in [1.165, 1.54) is 0 Å². The Kier molecular flexibility index (Phi) is 1.69. The molecule has 1 heterocycles. The molecule has 0 aliphatic rings. The van der Waals surface area contributed by atoms with Crippen molar-refractivity contribution in [3.63, 3.8) is 0 Å². The van der Waals surface area contributed by atoms with Gasteiger partial charge in [0.2, 0.25) is 0 Å². The van der Waals surface area contributed by atoms with E-state index in [0.29, 0.717) is 12.5 Å². The Hall–Kier alpha value is -1.03. The molecule has 9 heavy (non-hydrogen) atoms. The zero-order valence-corrected chi connectivity index (χ0v) is 5.24. The van der Waals surface area contributed by atoms with Crippen molar-refractivity contribution >= 4 is 5.82 Å². The van der Waals surface area contributed by atoms with Gasteiger partial charge in [-0.25, -0.2) is 4.68 Å². The topological polar surface area (TPSA) is 53.1 Å². The van der Waals surface area contributed by atoms with E-state index in [1.807, 2.05) is 0 Å². The molecule has 0 atom stereocenters. The fourth-order valence-electron chi connectivity index (χ4n) is 0.573. The second-order valence-corrected chi connectivity index (χ2v) is 1.67. The van der Waals surface area contributed by atoms with Crippen LogP contribution in [0.15, 0.2) is 12.3 Å². The van der Waals surface area contributed by atoms with Gasteiger partial charge in [-0.2, -0.15) is 5.10 Å². The third kappa shape index (κ3) is 1.20. The Morgan fingerprint density at radius 2 is 2.67 bits per heavy atom. The summed E-state index contributed by atoms with van der Waals surface area (Å²) in [5, 5.41) is 3.87. The molecule has 0 saturated heterocycles. The van der Waals surface area contributed by atoms with Gasteiger partial charge in [-0.1, -0.05) is 0 Å². The maximum absolute atomic E-state index is 5.45. The Morgan fingerprint density at radius 1 is 1.89 bits per heavy atom. The molecule has 2 N–H and O–H groups in total. The highest BCUT2D eigenvalue weighted by atomic mass is 16.5. The molecule has 0 fully saturated rings. The zero-order chi connectivity index (χ0) is 6.69. The third-order valence-electron chi connectivity index (χ3n) is 1.00. The Bertz CT molecular complexity index is 184. The van der Waals surface area contributed by atoms with E-state index in [2.05, 4.69) is 5.10 Å². The lowest BCUT2D eigenvalue weighted by molar-refractivity contribution is 0.122. The first-order chi connectivity index (χ1) is 4.34. The molecule has 0 saturated carbocycles. The summed E-state index contributed by atoms with van der Waals surface area (Å²) >= 11 is 0. The summed E-state index contributed by atoms with van der Waals surface area (Å²) < 4.78 is 6.36. The van der Waals surface area contributed by atoms with Crippen LogP contribution in [0.5, 0.6) is 0 Å². The summed E-state index contributed by atoms with van der Waals surface area (Å²) in [5.74, 6) is 0.622. The van der Waals surface area contributed by atoms with Crippen LogP contribution < -0.4 is 5.73 Å². The Balaban J connectivity index is 2.69. The molecule has 1 aromatic heterocycles. The minimum Gasteiger partial charge on any atom is -0.384 e. The molecule has 4 heteroatoms. The standard InChI is InChI=1S/C5H9N3O/c1-9-4-8-5(6)2-3-7-8/h2-3H,4,6H2,1H3. The molecule has 0 radical (unpaired) electrons. The van der Waals surface area contributed by atoms with Gasteiger partial charge in [-0.3, -0.25) is 0 Å². The average Bonchev–Trinajstić information content (AvgIpc) is 2.18. The van der Waals surface area contributed by atoms with Crippen LogP contribution in [0.2, 0.25) is 0 Å². The number of aromatic nitrogens is 2. The molecule has 0 amide bonds. The molecule has 0 aliphatic heterocycles. The number of nitrogens with two attached hydrogens (primary N) is 1. The van der Waals surface area contributed by atoms with Gasteiger partial charge in [0.1, 0.15) is 12.5 Å². The Labute approximate surface area is 53.2 Å². The fraction of sp³-hybridized carbons (Fsp3) is 0.400. The number of rotatable bonds is 2. The molecule has 1 rings (SSSR count). The van der Waals surface area contributed by atoms with Gasteiger partial charge in [0.05, 0.1) is 6.20 Å². The van der Waals surface area contributed by atoms with Crippen molar-refractivity contribution in [2.75, 3.05) is 12.8 Å². The highest BCUT2D eigenvalue weighted by Crippen LogP contribution is 1.97. The van der Waals surface area contributed by atoms with E-state index < -0.39 is 0 Å². The summed E-state index contributed by atoms with van der Waals surface area (Å²) in [7, 11) is 1.60. The number of nitrogen functional groups attached to an aromatic ring is 1. The van der Waals surface area contributed by atoms with Crippen LogP contribution in [0.1, 0.15) is 0 Å². The smallest absolute Gasteiger partial charge is 0.141 e. The maximum atomic E-state index is 5.45. The minimum atomic E-state index is 0.416. The van der Waals surface area contributed by atoms with Gasteiger partial charge in [-0.15, -0.1) is 0 Å². The van der Waals surface area contributed by atoms with Gasteiger partial charge in [0.15, 0.2) is 0 Å². The lowest BCUT2D eigenvalue weighted by Crippen LogP contribution is -2.05. The molecule has 0 aromatic carbocycles. The van der Waals surface area contributed by atoms with Crippen molar-refractivity contribution < 1.29 is 4.74 Å². The molecular weight excluding hydrogens is 118 g/mol. The number of methoxy groups -OCH3 is 1. The average molecular weight is 127 g/mol. The number of ether oxygens (including phenoxy) is 1. The van der Waals surface area contributed by atoms with Crippen LogP contribution in [0.25, 0.3) is 0 Å². The van der Waals surface area contributed by atoms with Crippen LogP contribution >= 0.6 is 0 Å². The molecule has 0 unspecified atom stereocenters. The molecule has 4 nitrogen and oxygen atoms in total. The van der Waals surface area contributed by atoms with Crippen molar-refractivity contribution in [2.45, 2.75) is 6.73 Å². The van der Waals surface area contributed by atoms with E-state index in [4.69, 9.17) is 10.5 Å². The highest BCUT2D eigenvalue weighted by Gasteiger charge is 1.92. The molecule has 0 spiro atoms. The van der Waals surface area contributed by atoms with E-state index in [1.54, 1.807) is 24.1 Å². The van der Waals surface area contributed by atoms with Crippen molar-refractivity contribution in [3.05, 3.63) is 12.3 Å². The molecule has 0 bridgehead atoms. The van der Waals surface area contributed by atoms with Crippen LogP contribution in [0.3, 0.4) is 0 Å². The van der Waals surface area contributed by atoms with Gasteiger partial charge < -0.3 is 10.5 Å². The summed E-state index contributed by atoms with van der Waals surface area (Å²) in [6, 6.07) is 1.72. The predicted molar refractivity (Wildman–Crippen MR) is 33.6 cm³/mol. The van der Waals surface area contributed by atoms with Gasteiger partial charge in [0.25, 0.3) is 0 Å². The lowest BCUT2D eigenvalue weighted by Gasteiger charge is -1.99. The quantitative estimate of drug-likeness (QED) is 0.611. The predicted octanol–water partition coefficient (Wildman–Crippen LogP) is 0.0692. The summed E-state index contributed by atoms with van der Waals surface area (Å²) in [5.41, 5.74) is 5.45. The first kappa shape index (κ1) is 6.10. The van der Waals surface area contributed by atoms with Crippen molar-refractivity contribution in [1.82, 2.24) is 9.78 Å². The first-order valence-electron chi connectivity index (χ1n) is 2.61. The van der Waals surface area contributed by atoms with Gasteiger partial charge in [-0.05, 0) is 0 Å². The molecule has 0 aliphatic carbocycles. The summed E-state index contributed by atoms with van der Waals surface area (Å²) in [6.07, 6.45) is 1.63. The first-order valence-corrected chi connectivity index (χ1v) is 2.61. The van der Waals surface area contributed by atoms with Gasteiger partial charge >= 0.3 is 0 Å². The van der Waals surface area contributed by atoms with Crippen LogP contribution in [-0.2, 0) is 11.5 Å². The van der Waals surface area contributed by atoms with Gasteiger partial charge in [0, 0.05) is 13.2 Å². The van der Waals surface area contributed by atoms with Crippen molar-refractivity contribution in [3.8, 4) is 0 Å². The van der Waals surface area contributed by atoms with Crippen LogP contribution in [0, 0.1) is 0 Å². The molecular formula is C5H9N3O. The van der Waals surface area contributed by atoms with E-state index in [0.717, 1.165) is 0 Å². The van der Waals surface area contributed by atoms with E-state index >= 15 is 0 Å². The SMILES string of the molecule is COCn1nccc1N. The number of hydrogen-bond acceptors (Lipinski definition) is 3. The normalized spacial score (nSPS) is 9.89. The summed E-state index contributed by atoms with van der Waals surface area (Å²) in [4.78, 5) is 0. The minimum absolute atomic E-state index is 0.416. The second-order valence-electron chi connectivity index (χ2n) is 1.67. The number of hydrogen-bond donors (Lipinski definition) is 1. The molecule has 50 valence electrons. The van der Waals surface area contributed by atoms with E-state index in [-0.39, 0.29) is 0 Å². The monoisotopic (exact) mass is 127 g/mol. The largest absolute Gasteiger partial charge is 0.384 e. The van der Waals surface area contributed by atoms with Crippen molar-refractivity contribution in [1.29, 1.82) is 0 Å². The van der Waals surface area contributed by atoms with E-state index in [9.17, 15) is 0 Å². The third-order valence-corrected chi connectivity index (χ3v) is 1.00. The zero-order valence-electron chi connectivity index (χ0n) is 5.24. The van der Waals surface area contributed by atoms with Crippen LogP contribution in [-0.4, -0.2) is 16.9 Å². The van der Waals surface area contributed by atoms with Crippen LogP contribution in [0.4, 0.5) is 5.82 Å². The highest BCUT2D eigenvalue weighted by molar-refractivity contribution is 5.25. The summed E-state index contributed by atoms with van der Waals surface area (Å²) in [6.45, 7) is 0.416. The molecule has 1 aromatic rings. The van der Waals surface area contributed by atoms with Crippen molar-refractivity contribution in [2.24, 2.45) is 0 Å². The number of nitrogens with zero attached hydrogens (tertiary/aromatic N) is 2. The maximum Gasteiger partial charge on any atom is 0.141 e.